The van der Waals surface area contributed by atoms with Gasteiger partial charge in [-0.25, -0.2) is 13.8 Å². The Balaban J connectivity index is 1.73. The van der Waals surface area contributed by atoms with Gasteiger partial charge in [0.25, 0.3) is 0 Å². The van der Waals surface area contributed by atoms with Crippen molar-refractivity contribution >= 4 is 11.3 Å². The highest BCUT2D eigenvalue weighted by atomic mass is 32.1. The quantitative estimate of drug-likeness (QED) is 0.487. The second-order valence-corrected chi connectivity index (χ2v) is 8.05. The van der Waals surface area contributed by atoms with Crippen LogP contribution >= 0.6 is 11.3 Å². The standard InChI is InChI=1S/C22H17F2N5OS/c1-14(21-28-20(10-31-21)16-4-2-15(9-25)3-5-16)22(30,11-29-12-26-27-13-29)18-7-6-17(23)8-19(18)24/h2-8,10,12-14,30H,11H2,1H3/t14-,22+/m0/s1. The lowest BCUT2D eigenvalue weighted by Crippen LogP contribution is -2.37. The number of thiazole rings is 1. The maximum absolute atomic E-state index is 14.7. The molecule has 0 saturated heterocycles. The maximum Gasteiger partial charge on any atom is 0.132 e. The molecule has 2 aromatic carbocycles. The largest absolute Gasteiger partial charge is 0.382 e. The molecule has 31 heavy (non-hydrogen) atoms. The first kappa shape index (κ1) is 20.8. The van der Waals surface area contributed by atoms with Crippen LogP contribution in [0.2, 0.25) is 0 Å². The zero-order valence-electron chi connectivity index (χ0n) is 16.4. The van der Waals surface area contributed by atoms with Gasteiger partial charge in [-0.3, -0.25) is 0 Å². The highest BCUT2D eigenvalue weighted by Gasteiger charge is 2.41. The summed E-state index contributed by atoms with van der Waals surface area (Å²) in [4.78, 5) is 4.64. The average molecular weight is 437 g/mol. The number of nitriles is 1. The molecule has 9 heteroatoms. The van der Waals surface area contributed by atoms with Crippen LogP contribution in [-0.4, -0.2) is 24.9 Å². The third-order valence-electron chi connectivity index (χ3n) is 5.21. The molecule has 0 bridgehead atoms. The van der Waals surface area contributed by atoms with Gasteiger partial charge in [0, 0.05) is 28.5 Å². The van der Waals surface area contributed by atoms with Crippen molar-refractivity contribution < 1.29 is 13.9 Å². The fourth-order valence-electron chi connectivity index (χ4n) is 3.42. The molecule has 0 aliphatic heterocycles. The SMILES string of the molecule is C[C@@H](c1nc(-c2ccc(C#N)cc2)cs1)[C@](O)(Cn1cnnc1)c1ccc(F)cc1F. The second-order valence-electron chi connectivity index (χ2n) is 7.16. The number of nitrogens with zero attached hydrogens (tertiary/aromatic N) is 5. The summed E-state index contributed by atoms with van der Waals surface area (Å²) >= 11 is 1.33. The first-order valence-corrected chi connectivity index (χ1v) is 10.2. The Morgan fingerprint density at radius 2 is 1.87 bits per heavy atom. The summed E-state index contributed by atoms with van der Waals surface area (Å²) in [5.74, 6) is -2.20. The van der Waals surface area contributed by atoms with Crippen molar-refractivity contribution in [1.29, 1.82) is 5.26 Å². The van der Waals surface area contributed by atoms with Crippen LogP contribution in [0.25, 0.3) is 11.3 Å². The van der Waals surface area contributed by atoms with E-state index in [1.54, 1.807) is 31.2 Å². The summed E-state index contributed by atoms with van der Waals surface area (Å²) < 4.78 is 29.7. The Morgan fingerprint density at radius 3 is 2.52 bits per heavy atom. The van der Waals surface area contributed by atoms with Crippen LogP contribution in [0.15, 0.2) is 60.5 Å². The number of benzene rings is 2. The molecule has 6 nitrogen and oxygen atoms in total. The summed E-state index contributed by atoms with van der Waals surface area (Å²) in [6.45, 7) is 1.70. The fourth-order valence-corrected chi connectivity index (χ4v) is 4.39. The molecule has 0 unspecified atom stereocenters. The fraction of sp³-hybridized carbons (Fsp3) is 0.182. The second kappa shape index (κ2) is 8.34. The summed E-state index contributed by atoms with van der Waals surface area (Å²) in [6, 6.07) is 12.2. The smallest absolute Gasteiger partial charge is 0.132 e. The number of hydrogen-bond acceptors (Lipinski definition) is 6. The minimum atomic E-state index is -1.74. The van der Waals surface area contributed by atoms with Gasteiger partial charge in [-0.05, 0) is 18.2 Å². The summed E-state index contributed by atoms with van der Waals surface area (Å²) in [7, 11) is 0. The normalized spacial score (nSPS) is 14.0. The van der Waals surface area contributed by atoms with E-state index in [0.717, 1.165) is 17.7 Å². The number of aromatic nitrogens is 4. The first-order valence-electron chi connectivity index (χ1n) is 9.37. The molecule has 4 rings (SSSR count). The lowest BCUT2D eigenvalue weighted by atomic mass is 9.82. The van der Waals surface area contributed by atoms with Gasteiger partial charge in [-0.1, -0.05) is 25.1 Å². The molecule has 0 radical (unpaired) electrons. The molecule has 0 aliphatic carbocycles. The zero-order chi connectivity index (χ0) is 22.0. The molecule has 2 heterocycles. The summed E-state index contributed by atoms with van der Waals surface area (Å²) in [5, 5.41) is 30.6. The van der Waals surface area contributed by atoms with Crippen molar-refractivity contribution in [3.8, 4) is 17.3 Å². The van der Waals surface area contributed by atoms with E-state index in [9.17, 15) is 13.9 Å². The molecular weight excluding hydrogens is 420 g/mol. The van der Waals surface area contributed by atoms with Crippen LogP contribution in [0.3, 0.4) is 0 Å². The van der Waals surface area contributed by atoms with Gasteiger partial charge < -0.3 is 9.67 Å². The number of hydrogen-bond donors (Lipinski definition) is 1. The van der Waals surface area contributed by atoms with E-state index >= 15 is 0 Å². The number of rotatable bonds is 6. The van der Waals surface area contributed by atoms with Crippen molar-refractivity contribution in [2.45, 2.75) is 25.0 Å². The van der Waals surface area contributed by atoms with Gasteiger partial charge in [0.15, 0.2) is 0 Å². The van der Waals surface area contributed by atoms with E-state index < -0.39 is 23.2 Å². The number of halogens is 2. The highest BCUT2D eigenvalue weighted by molar-refractivity contribution is 7.10. The van der Waals surface area contributed by atoms with E-state index in [-0.39, 0.29) is 12.1 Å². The molecule has 0 spiro atoms. The average Bonchev–Trinajstić information content (AvgIpc) is 3.45. The van der Waals surface area contributed by atoms with Gasteiger partial charge in [0.2, 0.25) is 0 Å². The van der Waals surface area contributed by atoms with Gasteiger partial charge >= 0.3 is 0 Å². The Labute approximate surface area is 181 Å². The predicted molar refractivity (Wildman–Crippen MR) is 111 cm³/mol. The van der Waals surface area contributed by atoms with Crippen molar-refractivity contribution in [2.75, 3.05) is 0 Å². The van der Waals surface area contributed by atoms with Crippen LogP contribution in [0.1, 0.15) is 29.0 Å². The monoisotopic (exact) mass is 437 g/mol. The van der Waals surface area contributed by atoms with Gasteiger partial charge in [-0.2, -0.15) is 5.26 Å². The highest BCUT2D eigenvalue weighted by Crippen LogP contribution is 2.41. The van der Waals surface area contributed by atoms with Crippen molar-refractivity contribution in [2.24, 2.45) is 0 Å². The molecular formula is C22H17F2N5OS. The lowest BCUT2D eigenvalue weighted by molar-refractivity contribution is -0.00816. The van der Waals surface area contributed by atoms with E-state index in [1.165, 1.54) is 34.6 Å². The van der Waals surface area contributed by atoms with Crippen LogP contribution in [0.5, 0.6) is 0 Å². The van der Waals surface area contributed by atoms with Crippen molar-refractivity contribution in [3.63, 3.8) is 0 Å². The summed E-state index contributed by atoms with van der Waals surface area (Å²) in [5.41, 5.74) is 0.277. The lowest BCUT2D eigenvalue weighted by Gasteiger charge is -2.34. The van der Waals surface area contributed by atoms with E-state index in [4.69, 9.17) is 5.26 Å². The van der Waals surface area contributed by atoms with Crippen LogP contribution < -0.4 is 0 Å². The molecule has 0 fully saturated rings. The van der Waals surface area contributed by atoms with Gasteiger partial charge in [-0.15, -0.1) is 21.5 Å². The zero-order valence-corrected chi connectivity index (χ0v) is 17.2. The van der Waals surface area contributed by atoms with Crippen LogP contribution in [-0.2, 0) is 12.1 Å². The minimum absolute atomic E-state index is 0.0368. The van der Waals surface area contributed by atoms with E-state index in [2.05, 4.69) is 21.3 Å². The van der Waals surface area contributed by atoms with Gasteiger partial charge in [0.1, 0.15) is 29.9 Å². The van der Waals surface area contributed by atoms with Crippen LogP contribution in [0, 0.1) is 23.0 Å². The van der Waals surface area contributed by atoms with E-state index in [0.29, 0.717) is 16.3 Å². The van der Waals surface area contributed by atoms with Gasteiger partial charge in [0.05, 0.1) is 28.9 Å². The Bertz CT molecular complexity index is 1230. The third-order valence-corrected chi connectivity index (χ3v) is 6.23. The Kier molecular flexibility index (Phi) is 5.59. The molecule has 156 valence electrons. The molecule has 2 aromatic heterocycles. The molecule has 1 N–H and O–H groups in total. The number of aliphatic hydroxyl groups is 1. The summed E-state index contributed by atoms with van der Waals surface area (Å²) in [6.07, 6.45) is 2.84. The predicted octanol–water partition coefficient (Wildman–Crippen LogP) is 4.24. The molecule has 0 amide bonds. The molecule has 2 atom stereocenters. The maximum atomic E-state index is 14.7. The molecule has 0 saturated carbocycles. The Hall–Kier alpha value is -3.48. The first-order chi connectivity index (χ1) is 14.9. The Morgan fingerprint density at radius 1 is 1.16 bits per heavy atom. The van der Waals surface area contributed by atoms with Crippen molar-refractivity contribution in [1.82, 2.24) is 19.7 Å². The minimum Gasteiger partial charge on any atom is -0.382 e. The topological polar surface area (TPSA) is 87.6 Å². The molecule has 0 aliphatic rings. The third kappa shape index (κ3) is 4.08. The van der Waals surface area contributed by atoms with Crippen LogP contribution in [0.4, 0.5) is 8.78 Å². The van der Waals surface area contributed by atoms with Crippen molar-refractivity contribution in [3.05, 3.63) is 88.3 Å². The molecule has 4 aromatic rings. The van der Waals surface area contributed by atoms with E-state index in [1.807, 2.05) is 5.38 Å².